The smallest absolute Gasteiger partial charge is 0.319 e. The number of urea groups is 1. The summed E-state index contributed by atoms with van der Waals surface area (Å²) in [6.45, 7) is 9.40. The van der Waals surface area contributed by atoms with Crippen LogP contribution in [0.3, 0.4) is 0 Å². The molecule has 2 amide bonds. The number of hydrogen-bond donors (Lipinski definition) is 2. The molecule has 0 radical (unpaired) electrons. The number of amides is 2. The van der Waals surface area contributed by atoms with Crippen LogP contribution in [0.25, 0.3) is 0 Å². The van der Waals surface area contributed by atoms with Crippen LogP contribution in [0.5, 0.6) is 0 Å². The van der Waals surface area contributed by atoms with Gasteiger partial charge in [-0.3, -0.25) is 0 Å². The van der Waals surface area contributed by atoms with Gasteiger partial charge in [-0.1, -0.05) is 32.0 Å². The number of carbonyl (C=O) groups excluding carboxylic acids is 1. The summed E-state index contributed by atoms with van der Waals surface area (Å²) < 4.78 is 19.0. The summed E-state index contributed by atoms with van der Waals surface area (Å²) >= 11 is 0. The van der Waals surface area contributed by atoms with E-state index in [0.717, 1.165) is 30.5 Å². The third kappa shape index (κ3) is 4.24. The highest BCUT2D eigenvalue weighted by Gasteiger charge is 2.69. The second-order valence-corrected chi connectivity index (χ2v) is 10.7. The van der Waals surface area contributed by atoms with Crippen molar-refractivity contribution >= 4 is 11.7 Å². The molecule has 5 fully saturated rings. The molecule has 4 heterocycles. The van der Waals surface area contributed by atoms with Crippen molar-refractivity contribution in [3.63, 3.8) is 0 Å². The average molecular weight is 475 g/mol. The highest BCUT2D eigenvalue weighted by molar-refractivity contribution is 5.89. The Kier molecular flexibility index (Phi) is 6.63. The van der Waals surface area contributed by atoms with E-state index in [1.54, 1.807) is 0 Å². The maximum absolute atomic E-state index is 12.2. The maximum atomic E-state index is 12.2. The first kappa shape index (κ1) is 24.0. The summed E-state index contributed by atoms with van der Waals surface area (Å²) in [6, 6.07) is 7.50. The molecule has 1 aromatic carbocycles. The predicted octanol–water partition coefficient (Wildman–Crippen LogP) is 4.73. The van der Waals surface area contributed by atoms with Crippen molar-refractivity contribution in [3.05, 3.63) is 29.8 Å². The standard InChI is InChI=1S/C26H38N2O6/c1-16-10-11-20-18(3)22(31-23-26(20)19(16)12-13-25(4,32-23)33-34-26)30-15-7-14-27-24(29)28-21-9-6-5-8-17(21)2/h5-6,8-9,16,18-20,22-23H,7,10-15H2,1-4H3,(H2,27,28,29)/t16-,18-,19+,20+,22+,23-,25+,26-/m1/s1. The lowest BCUT2D eigenvalue weighted by molar-refractivity contribution is -0.577. The highest BCUT2D eigenvalue weighted by atomic mass is 17.3. The molecule has 2 N–H and O–H groups in total. The second kappa shape index (κ2) is 9.39. The number of ether oxygens (including phenoxy) is 3. The van der Waals surface area contributed by atoms with Crippen LogP contribution >= 0.6 is 0 Å². The fraction of sp³-hybridized carbons (Fsp3) is 0.731. The summed E-state index contributed by atoms with van der Waals surface area (Å²) in [5, 5.41) is 5.78. The molecule has 188 valence electrons. The van der Waals surface area contributed by atoms with Crippen molar-refractivity contribution < 1.29 is 28.8 Å². The molecule has 34 heavy (non-hydrogen) atoms. The zero-order valence-corrected chi connectivity index (χ0v) is 20.7. The SMILES string of the molecule is Cc1ccccc1NC(=O)NCCCO[C@H]1O[C@@H]2O[C@]3(C)CC[C@H]4[C@H](C)CC[C@@H]([C@H]1C)[C@@]24OO3. The number of anilines is 1. The summed E-state index contributed by atoms with van der Waals surface area (Å²) in [5.41, 5.74) is 1.27. The van der Waals surface area contributed by atoms with Crippen molar-refractivity contribution in [2.75, 3.05) is 18.5 Å². The summed E-state index contributed by atoms with van der Waals surface area (Å²) in [4.78, 5) is 24.2. The quantitative estimate of drug-likeness (QED) is 0.458. The van der Waals surface area contributed by atoms with E-state index in [-0.39, 0.29) is 24.2 Å². The fourth-order valence-electron chi connectivity index (χ4n) is 6.42. The zero-order chi connectivity index (χ0) is 23.9. The van der Waals surface area contributed by atoms with Crippen molar-refractivity contribution in [2.24, 2.45) is 23.7 Å². The molecule has 1 aromatic rings. The molecule has 6 rings (SSSR count). The Bertz CT molecular complexity index is 898. The molecule has 8 nitrogen and oxygen atoms in total. The van der Waals surface area contributed by atoms with Crippen LogP contribution in [-0.2, 0) is 24.0 Å². The number of benzene rings is 1. The third-order valence-corrected chi connectivity index (χ3v) is 8.38. The number of hydrogen-bond acceptors (Lipinski definition) is 6. The Labute approximate surface area is 201 Å². The van der Waals surface area contributed by atoms with E-state index in [9.17, 15) is 4.79 Å². The van der Waals surface area contributed by atoms with Crippen molar-refractivity contribution in [3.8, 4) is 0 Å². The molecular formula is C26H38N2O6. The first-order chi connectivity index (χ1) is 16.3. The normalized spacial score (nSPS) is 40.8. The lowest BCUT2D eigenvalue weighted by Gasteiger charge is -2.60. The largest absolute Gasteiger partial charge is 0.352 e. The number of nitrogens with one attached hydrogen (secondary N) is 2. The van der Waals surface area contributed by atoms with E-state index < -0.39 is 17.7 Å². The van der Waals surface area contributed by atoms with Gasteiger partial charge in [0, 0.05) is 30.5 Å². The summed E-state index contributed by atoms with van der Waals surface area (Å²) in [6.07, 6.45) is 3.85. The van der Waals surface area contributed by atoms with E-state index in [1.807, 2.05) is 38.1 Å². The lowest BCUT2D eigenvalue weighted by atomic mass is 9.58. The molecule has 0 aromatic heterocycles. The summed E-state index contributed by atoms with van der Waals surface area (Å²) in [5.74, 6) is 0.504. The van der Waals surface area contributed by atoms with Gasteiger partial charge >= 0.3 is 6.03 Å². The van der Waals surface area contributed by atoms with Gasteiger partial charge in [0.15, 0.2) is 18.2 Å². The van der Waals surface area contributed by atoms with Gasteiger partial charge in [-0.15, -0.1) is 0 Å². The van der Waals surface area contributed by atoms with Crippen molar-refractivity contribution in [1.82, 2.24) is 5.32 Å². The first-order valence-corrected chi connectivity index (χ1v) is 12.7. The maximum Gasteiger partial charge on any atom is 0.319 e. The van der Waals surface area contributed by atoms with E-state index in [0.29, 0.717) is 31.4 Å². The zero-order valence-electron chi connectivity index (χ0n) is 20.7. The molecule has 8 heteroatoms. The number of rotatable bonds is 6. The number of aryl methyl sites for hydroxylation is 1. The molecular weight excluding hydrogens is 436 g/mol. The fourth-order valence-corrected chi connectivity index (χ4v) is 6.42. The second-order valence-electron chi connectivity index (χ2n) is 10.7. The number of fused-ring (bicyclic) bond motifs is 2. The molecule has 8 atom stereocenters. The molecule has 1 spiro atoms. The molecule has 0 unspecified atom stereocenters. The van der Waals surface area contributed by atoms with Gasteiger partial charge in [0.05, 0.1) is 6.61 Å². The lowest BCUT2D eigenvalue weighted by Crippen LogP contribution is -2.70. The van der Waals surface area contributed by atoms with Gasteiger partial charge in [-0.2, -0.15) is 0 Å². The van der Waals surface area contributed by atoms with Gasteiger partial charge in [0.2, 0.25) is 5.79 Å². The molecule has 4 saturated heterocycles. The van der Waals surface area contributed by atoms with Crippen LogP contribution in [0.2, 0.25) is 0 Å². The molecule has 2 bridgehead atoms. The van der Waals surface area contributed by atoms with E-state index >= 15 is 0 Å². The molecule has 1 saturated carbocycles. The molecule has 1 aliphatic carbocycles. The first-order valence-electron chi connectivity index (χ1n) is 12.7. The third-order valence-electron chi connectivity index (χ3n) is 8.38. The van der Waals surface area contributed by atoms with Crippen LogP contribution in [0.15, 0.2) is 24.3 Å². The minimum absolute atomic E-state index is 0.151. The Morgan fingerprint density at radius 1 is 1.15 bits per heavy atom. The van der Waals surface area contributed by atoms with Gasteiger partial charge in [0.1, 0.15) is 0 Å². The van der Waals surface area contributed by atoms with E-state index in [4.69, 9.17) is 24.0 Å². The average Bonchev–Trinajstić information content (AvgIpc) is 3.04. The molecule has 4 aliphatic heterocycles. The van der Waals surface area contributed by atoms with Gasteiger partial charge in [-0.25, -0.2) is 14.6 Å². The van der Waals surface area contributed by atoms with Crippen LogP contribution in [0.1, 0.15) is 58.4 Å². The Morgan fingerprint density at radius 3 is 2.79 bits per heavy atom. The molecule has 5 aliphatic rings. The van der Waals surface area contributed by atoms with Gasteiger partial charge < -0.3 is 24.8 Å². The van der Waals surface area contributed by atoms with Crippen molar-refractivity contribution in [2.45, 2.75) is 83.8 Å². The Morgan fingerprint density at radius 2 is 1.97 bits per heavy atom. The van der Waals surface area contributed by atoms with E-state index in [2.05, 4.69) is 24.5 Å². The van der Waals surface area contributed by atoms with Crippen LogP contribution in [0, 0.1) is 30.6 Å². The Hall–Kier alpha value is -1.71. The number of carbonyl (C=O) groups is 1. The monoisotopic (exact) mass is 474 g/mol. The minimum Gasteiger partial charge on any atom is -0.352 e. The number of para-hydroxylation sites is 1. The minimum atomic E-state index is -0.781. The Balaban J connectivity index is 1.15. The predicted molar refractivity (Wildman–Crippen MR) is 126 cm³/mol. The van der Waals surface area contributed by atoms with E-state index in [1.165, 1.54) is 6.42 Å². The highest BCUT2D eigenvalue weighted by Crippen LogP contribution is 2.60. The van der Waals surface area contributed by atoms with Crippen LogP contribution in [0.4, 0.5) is 10.5 Å². The van der Waals surface area contributed by atoms with Gasteiger partial charge in [-0.05, 0) is 63.0 Å². The topological polar surface area (TPSA) is 87.3 Å². The van der Waals surface area contributed by atoms with Crippen LogP contribution in [-0.4, -0.2) is 43.2 Å². The van der Waals surface area contributed by atoms with Crippen molar-refractivity contribution in [1.29, 1.82) is 0 Å². The summed E-state index contributed by atoms with van der Waals surface area (Å²) in [7, 11) is 0. The van der Waals surface area contributed by atoms with Gasteiger partial charge in [0.25, 0.3) is 0 Å². The van der Waals surface area contributed by atoms with Crippen LogP contribution < -0.4 is 10.6 Å².